The Morgan fingerprint density at radius 1 is 1.37 bits per heavy atom. The van der Waals surface area contributed by atoms with Crippen molar-refractivity contribution < 1.29 is 0 Å². The van der Waals surface area contributed by atoms with Crippen molar-refractivity contribution in [3.8, 4) is 0 Å². The Hall–Kier alpha value is -0.190. The zero-order valence-electron chi connectivity index (χ0n) is 11.6. The summed E-state index contributed by atoms with van der Waals surface area (Å²) in [6.45, 7) is 4.47. The Bertz CT molecular complexity index is 403. The molecule has 4 heteroatoms. The lowest BCUT2D eigenvalue weighted by atomic mass is 10.0. The van der Waals surface area contributed by atoms with Crippen LogP contribution in [0.3, 0.4) is 0 Å². The molecule has 1 unspecified atom stereocenters. The fraction of sp³-hybridized carbons (Fsp3) is 0.600. The SMILES string of the molecule is CCC(N)Cc1ccc(Br)cc1N1CCCSCC1. The molecule has 0 spiro atoms. The second kappa shape index (κ2) is 7.55. The van der Waals surface area contributed by atoms with E-state index in [1.807, 2.05) is 0 Å². The molecule has 0 radical (unpaired) electrons. The van der Waals surface area contributed by atoms with Crippen molar-refractivity contribution in [1.82, 2.24) is 0 Å². The summed E-state index contributed by atoms with van der Waals surface area (Å²) in [5.41, 5.74) is 8.91. The number of nitrogens with zero attached hydrogens (tertiary/aromatic N) is 1. The van der Waals surface area contributed by atoms with Crippen molar-refractivity contribution in [2.24, 2.45) is 5.73 Å². The van der Waals surface area contributed by atoms with E-state index in [2.05, 4.69) is 57.7 Å². The van der Waals surface area contributed by atoms with Crippen molar-refractivity contribution in [2.75, 3.05) is 29.5 Å². The maximum Gasteiger partial charge on any atom is 0.0410 e. The van der Waals surface area contributed by atoms with Gasteiger partial charge in [-0.3, -0.25) is 0 Å². The number of anilines is 1. The second-order valence-electron chi connectivity index (χ2n) is 5.10. The molecule has 0 aliphatic carbocycles. The summed E-state index contributed by atoms with van der Waals surface area (Å²) < 4.78 is 1.16. The average molecular weight is 343 g/mol. The van der Waals surface area contributed by atoms with Crippen molar-refractivity contribution in [2.45, 2.75) is 32.2 Å². The highest BCUT2D eigenvalue weighted by molar-refractivity contribution is 9.10. The van der Waals surface area contributed by atoms with E-state index in [1.165, 1.54) is 29.2 Å². The van der Waals surface area contributed by atoms with E-state index in [9.17, 15) is 0 Å². The molecule has 1 aliphatic heterocycles. The summed E-state index contributed by atoms with van der Waals surface area (Å²) in [6.07, 6.45) is 3.28. The molecular weight excluding hydrogens is 320 g/mol. The molecule has 1 saturated heterocycles. The van der Waals surface area contributed by atoms with Crippen LogP contribution >= 0.6 is 27.7 Å². The third-order valence-electron chi connectivity index (χ3n) is 3.62. The van der Waals surface area contributed by atoms with Crippen molar-refractivity contribution in [3.63, 3.8) is 0 Å². The lowest BCUT2D eigenvalue weighted by Crippen LogP contribution is -2.28. The van der Waals surface area contributed by atoms with E-state index in [-0.39, 0.29) is 6.04 Å². The summed E-state index contributed by atoms with van der Waals surface area (Å²) in [4.78, 5) is 2.53. The predicted octanol–water partition coefficient (Wildman–Crippen LogP) is 3.67. The molecular formula is C15H23BrN2S. The Morgan fingerprint density at radius 2 is 2.21 bits per heavy atom. The van der Waals surface area contributed by atoms with E-state index >= 15 is 0 Å². The Balaban J connectivity index is 2.22. The molecule has 1 fully saturated rings. The third kappa shape index (κ3) is 4.40. The van der Waals surface area contributed by atoms with Crippen LogP contribution in [0, 0.1) is 0 Å². The first-order chi connectivity index (χ1) is 9.20. The largest absolute Gasteiger partial charge is 0.370 e. The van der Waals surface area contributed by atoms with Gasteiger partial charge in [-0.2, -0.15) is 11.8 Å². The molecule has 0 saturated carbocycles. The summed E-state index contributed by atoms with van der Waals surface area (Å²) in [6, 6.07) is 6.88. The molecule has 2 N–H and O–H groups in total. The van der Waals surface area contributed by atoms with Crippen LogP contribution in [0.15, 0.2) is 22.7 Å². The quantitative estimate of drug-likeness (QED) is 0.904. The van der Waals surface area contributed by atoms with E-state index in [1.54, 1.807) is 0 Å². The molecule has 1 heterocycles. The molecule has 1 aromatic carbocycles. The molecule has 0 aromatic heterocycles. The van der Waals surface area contributed by atoms with Crippen LogP contribution in [0.5, 0.6) is 0 Å². The molecule has 19 heavy (non-hydrogen) atoms. The van der Waals surface area contributed by atoms with E-state index in [0.717, 1.165) is 30.4 Å². The van der Waals surface area contributed by atoms with Crippen molar-refractivity contribution in [1.29, 1.82) is 0 Å². The smallest absolute Gasteiger partial charge is 0.0410 e. The van der Waals surface area contributed by atoms with Crippen LogP contribution < -0.4 is 10.6 Å². The summed E-state index contributed by atoms with van der Waals surface area (Å²) >= 11 is 5.67. The fourth-order valence-corrected chi connectivity index (χ4v) is 3.65. The van der Waals surface area contributed by atoms with Gasteiger partial charge in [0.05, 0.1) is 0 Å². The summed E-state index contributed by atoms with van der Waals surface area (Å²) in [5.74, 6) is 2.51. The monoisotopic (exact) mass is 342 g/mol. The summed E-state index contributed by atoms with van der Waals surface area (Å²) in [5, 5.41) is 0. The highest BCUT2D eigenvalue weighted by atomic mass is 79.9. The standard InChI is InChI=1S/C15H23BrN2S/c1-2-14(17)10-12-4-5-13(16)11-15(12)18-6-3-8-19-9-7-18/h4-5,11,14H,2-3,6-10,17H2,1H3. The van der Waals surface area contributed by atoms with Gasteiger partial charge in [0.25, 0.3) is 0 Å². The van der Waals surface area contributed by atoms with Gasteiger partial charge in [-0.15, -0.1) is 0 Å². The zero-order valence-corrected chi connectivity index (χ0v) is 14.0. The van der Waals surface area contributed by atoms with E-state index in [4.69, 9.17) is 5.73 Å². The average Bonchev–Trinajstić information content (AvgIpc) is 2.69. The first kappa shape index (κ1) is 15.2. The highest BCUT2D eigenvalue weighted by Gasteiger charge is 2.15. The number of nitrogens with two attached hydrogens (primary N) is 1. The van der Waals surface area contributed by atoms with Gasteiger partial charge < -0.3 is 10.6 Å². The van der Waals surface area contributed by atoms with Crippen molar-refractivity contribution >= 4 is 33.4 Å². The highest BCUT2D eigenvalue weighted by Crippen LogP contribution is 2.28. The van der Waals surface area contributed by atoms with E-state index < -0.39 is 0 Å². The second-order valence-corrected chi connectivity index (χ2v) is 7.24. The van der Waals surface area contributed by atoms with Crippen LogP contribution in [-0.4, -0.2) is 30.6 Å². The fourth-order valence-electron chi connectivity index (χ4n) is 2.42. The van der Waals surface area contributed by atoms with Gasteiger partial charge in [-0.1, -0.05) is 28.9 Å². The maximum atomic E-state index is 6.14. The van der Waals surface area contributed by atoms with Crippen molar-refractivity contribution in [3.05, 3.63) is 28.2 Å². The number of rotatable bonds is 4. The predicted molar refractivity (Wildman–Crippen MR) is 90.3 cm³/mol. The Morgan fingerprint density at radius 3 is 3.00 bits per heavy atom. The number of hydrogen-bond donors (Lipinski definition) is 1. The topological polar surface area (TPSA) is 29.3 Å². The van der Waals surface area contributed by atoms with Crippen LogP contribution in [0.2, 0.25) is 0 Å². The molecule has 1 aromatic rings. The van der Waals surface area contributed by atoms with Crippen LogP contribution in [0.25, 0.3) is 0 Å². The van der Waals surface area contributed by atoms with Crippen LogP contribution in [0.1, 0.15) is 25.3 Å². The number of benzene rings is 1. The third-order valence-corrected chi connectivity index (χ3v) is 5.16. The molecule has 2 rings (SSSR count). The van der Waals surface area contributed by atoms with Gasteiger partial charge in [0.1, 0.15) is 0 Å². The number of halogens is 1. The van der Waals surface area contributed by atoms with Gasteiger partial charge in [-0.25, -0.2) is 0 Å². The molecule has 1 atom stereocenters. The number of thioether (sulfide) groups is 1. The molecule has 2 nitrogen and oxygen atoms in total. The normalized spacial score (nSPS) is 18.2. The minimum absolute atomic E-state index is 0.265. The zero-order chi connectivity index (χ0) is 13.7. The lowest BCUT2D eigenvalue weighted by molar-refractivity contribution is 0.644. The van der Waals surface area contributed by atoms with Gasteiger partial charge >= 0.3 is 0 Å². The van der Waals surface area contributed by atoms with Gasteiger partial charge in [0.2, 0.25) is 0 Å². The van der Waals surface area contributed by atoms with Gasteiger partial charge in [-0.05, 0) is 42.7 Å². The first-order valence-corrected chi connectivity index (χ1v) is 9.02. The molecule has 0 amide bonds. The molecule has 106 valence electrons. The minimum atomic E-state index is 0.265. The minimum Gasteiger partial charge on any atom is -0.370 e. The number of hydrogen-bond acceptors (Lipinski definition) is 3. The Kier molecular flexibility index (Phi) is 6.05. The lowest BCUT2D eigenvalue weighted by Gasteiger charge is -2.26. The molecule has 1 aliphatic rings. The first-order valence-electron chi connectivity index (χ1n) is 7.07. The van der Waals surface area contributed by atoms with Gasteiger partial charge in [0.15, 0.2) is 0 Å². The van der Waals surface area contributed by atoms with E-state index in [0.29, 0.717) is 0 Å². The van der Waals surface area contributed by atoms with Gasteiger partial charge in [0, 0.05) is 35.0 Å². The van der Waals surface area contributed by atoms with Crippen LogP contribution in [0.4, 0.5) is 5.69 Å². The molecule has 0 bridgehead atoms. The van der Waals surface area contributed by atoms with Crippen LogP contribution in [-0.2, 0) is 6.42 Å². The summed E-state index contributed by atoms with van der Waals surface area (Å²) in [7, 11) is 0. The maximum absolute atomic E-state index is 6.14. The Labute approximate surface area is 129 Å².